The summed E-state index contributed by atoms with van der Waals surface area (Å²) in [6, 6.07) is 25.1. The van der Waals surface area contributed by atoms with Crippen molar-refractivity contribution in [1.82, 2.24) is 20.5 Å². The number of hydrogen-bond acceptors (Lipinski definition) is 11. The zero-order chi connectivity index (χ0) is 53.0. The van der Waals surface area contributed by atoms with Gasteiger partial charge in [0.25, 0.3) is 5.91 Å². The number of nitrogens with one attached hydrogen (secondary N) is 2. The Morgan fingerprint density at radius 3 is 2.19 bits per heavy atom. The molecular weight excluding hydrogens is 980 g/mol. The number of nitriles is 1. The van der Waals surface area contributed by atoms with Crippen LogP contribution < -0.4 is 25.2 Å². The van der Waals surface area contributed by atoms with E-state index in [9.17, 15) is 42.7 Å². The molecule has 0 bridgehead atoms. The number of carbonyl (C=O) groups excluding carboxylic acids is 4. The number of nitrogens with zero attached hydrogens (tertiary/aromatic N) is 5. The maximum absolute atomic E-state index is 14.1. The van der Waals surface area contributed by atoms with Crippen molar-refractivity contribution < 1.29 is 46.9 Å². The number of amides is 4. The molecule has 3 N–H and O–H groups in total. The molecule has 2 fully saturated rings. The number of aryl methyl sites for hydroxylation is 1. The number of carbonyl (C=O) groups is 4. The zero-order valence-corrected chi connectivity index (χ0v) is 43.2. The van der Waals surface area contributed by atoms with Crippen molar-refractivity contribution in [2.75, 3.05) is 36.2 Å². The largest absolute Gasteiger partial charge is 0.493 e. The van der Waals surface area contributed by atoms with Crippen LogP contribution in [-0.2, 0) is 30.1 Å². The van der Waals surface area contributed by atoms with Crippen molar-refractivity contribution in [2.45, 2.75) is 104 Å². The highest BCUT2D eigenvalue weighted by Gasteiger charge is 2.51. The molecule has 4 atom stereocenters. The number of thiazole rings is 1. The first kappa shape index (κ1) is 54.1. The number of anilines is 2. The molecule has 1 aromatic heterocycles. The van der Waals surface area contributed by atoms with Gasteiger partial charge in [-0.15, -0.1) is 11.3 Å². The molecule has 2 aliphatic rings. The SMILES string of the molecule is Cc1ncsc1-c1ccc([C@H](C)NC(=O)[C@@H]2CCCN2C(=O)C(NC(=O)COC[C@H](O)CCOc2ccc(-c3ccc(N4C(=S)N(c5ccc(C#N)c(C(F)(F)F)c5)C(=O)C4(C)C)cc3)cc2)C(C)(C)C)cc1. The van der Waals surface area contributed by atoms with Crippen LogP contribution in [0.1, 0.15) is 89.2 Å². The lowest BCUT2D eigenvalue weighted by molar-refractivity contribution is -0.144. The van der Waals surface area contributed by atoms with Gasteiger partial charge in [-0.05, 0) is 123 Å². The number of rotatable bonds is 17. The number of likely N-dealkylation sites (tertiary alicyclic amines) is 1. The molecule has 1 unspecified atom stereocenters. The molecule has 0 saturated carbocycles. The molecule has 19 heteroatoms. The first-order valence-electron chi connectivity index (χ1n) is 23.8. The van der Waals surface area contributed by atoms with E-state index < -0.39 is 64.9 Å². The molecule has 73 heavy (non-hydrogen) atoms. The van der Waals surface area contributed by atoms with Gasteiger partial charge in [-0.3, -0.25) is 24.1 Å². The molecule has 14 nitrogen and oxygen atoms in total. The Morgan fingerprint density at radius 1 is 0.959 bits per heavy atom. The quantitative estimate of drug-likeness (QED) is 0.0757. The second-order valence-corrected chi connectivity index (χ2v) is 20.9. The summed E-state index contributed by atoms with van der Waals surface area (Å²) in [6.45, 7) is 12.6. The molecule has 0 aliphatic carbocycles. The van der Waals surface area contributed by atoms with Gasteiger partial charge in [0, 0.05) is 18.7 Å². The Bertz CT molecular complexity index is 2880. The highest BCUT2D eigenvalue weighted by Crippen LogP contribution is 2.40. The zero-order valence-electron chi connectivity index (χ0n) is 41.6. The molecule has 7 rings (SSSR count). The average Bonchev–Trinajstić information content (AvgIpc) is 4.06. The number of aromatic nitrogens is 1. The molecule has 2 aliphatic heterocycles. The normalized spacial score (nSPS) is 17.0. The van der Waals surface area contributed by atoms with E-state index >= 15 is 0 Å². The van der Waals surface area contributed by atoms with Gasteiger partial charge in [-0.25, -0.2) is 4.98 Å². The first-order valence-corrected chi connectivity index (χ1v) is 25.1. The Balaban J connectivity index is 0.854. The van der Waals surface area contributed by atoms with Crippen LogP contribution in [0.5, 0.6) is 5.75 Å². The molecule has 384 valence electrons. The highest BCUT2D eigenvalue weighted by molar-refractivity contribution is 7.81. The number of benzene rings is 4. The third kappa shape index (κ3) is 12.2. The number of aliphatic hydroxyl groups excluding tert-OH is 1. The maximum Gasteiger partial charge on any atom is 0.417 e. The van der Waals surface area contributed by atoms with Gasteiger partial charge in [-0.2, -0.15) is 18.4 Å². The first-order chi connectivity index (χ1) is 34.5. The smallest absolute Gasteiger partial charge is 0.417 e. The van der Waals surface area contributed by atoms with Gasteiger partial charge < -0.3 is 35.0 Å². The summed E-state index contributed by atoms with van der Waals surface area (Å²) in [5.41, 5.74) is 3.23. The van der Waals surface area contributed by atoms with Gasteiger partial charge in [0.05, 0.1) is 64.3 Å². The molecule has 4 aromatic carbocycles. The van der Waals surface area contributed by atoms with Crippen LogP contribution in [0.25, 0.3) is 21.6 Å². The molecule has 0 spiro atoms. The van der Waals surface area contributed by atoms with Gasteiger partial charge in [0.2, 0.25) is 17.7 Å². The van der Waals surface area contributed by atoms with Crippen molar-refractivity contribution >= 4 is 63.7 Å². The lowest BCUT2D eigenvalue weighted by Gasteiger charge is -2.35. The van der Waals surface area contributed by atoms with Crippen molar-refractivity contribution in [2.24, 2.45) is 5.41 Å². The van der Waals surface area contributed by atoms with E-state index in [2.05, 4.69) is 15.6 Å². The summed E-state index contributed by atoms with van der Waals surface area (Å²) in [7, 11) is 0. The van der Waals surface area contributed by atoms with Crippen LogP contribution in [-0.4, -0.2) is 93.8 Å². The van der Waals surface area contributed by atoms with Crippen molar-refractivity contribution in [3.05, 3.63) is 119 Å². The van der Waals surface area contributed by atoms with Crippen LogP contribution in [0.4, 0.5) is 24.5 Å². The molecule has 2 saturated heterocycles. The highest BCUT2D eigenvalue weighted by atomic mass is 32.1. The number of thiocarbonyl (C=S) groups is 1. The fourth-order valence-corrected chi connectivity index (χ4v) is 10.2. The standard InChI is InChI=1S/C54H58F3N7O7S2/c1-32(34-10-12-37(13-11-34)46-33(2)59-31-73-46)60-48(67)44-9-8-25-62(44)49(68)47(52(3,4)5)61-45(66)30-70-29-41(65)24-26-71-42-22-17-36(18-23-42)35-14-19-39(20-15-35)64-51(72)63(50(69)53(64,6)7)40-21-16-38(28-58)43(27-40)54(55,56)57/h10-23,27,31-32,41,44,47,65H,8-9,24-26,29-30H2,1-7H3,(H,60,67)(H,61,66)/t32-,41+,44-,47?/m0/s1. The van der Waals surface area contributed by atoms with Gasteiger partial charge in [0.1, 0.15) is 30.0 Å². The summed E-state index contributed by atoms with van der Waals surface area (Å²) in [4.78, 5) is 64.1. The Morgan fingerprint density at radius 2 is 1.59 bits per heavy atom. The van der Waals surface area contributed by atoms with Gasteiger partial charge >= 0.3 is 6.18 Å². The predicted octanol–water partition coefficient (Wildman–Crippen LogP) is 9.14. The summed E-state index contributed by atoms with van der Waals surface area (Å²) >= 11 is 7.24. The number of hydrogen-bond donors (Lipinski definition) is 3. The third-order valence-corrected chi connectivity index (χ3v) is 14.3. The van der Waals surface area contributed by atoms with Gasteiger partial charge in [0.15, 0.2) is 5.11 Å². The predicted molar refractivity (Wildman–Crippen MR) is 277 cm³/mol. The van der Waals surface area contributed by atoms with Crippen molar-refractivity contribution in [3.63, 3.8) is 0 Å². The molecule has 0 radical (unpaired) electrons. The monoisotopic (exact) mass is 1040 g/mol. The summed E-state index contributed by atoms with van der Waals surface area (Å²) in [6.07, 6.45) is -4.42. The lowest BCUT2D eigenvalue weighted by atomic mass is 9.85. The fourth-order valence-electron chi connectivity index (χ4n) is 8.91. The third-order valence-electron chi connectivity index (χ3n) is 13.0. The Labute approximate surface area is 432 Å². The molecule has 4 amide bonds. The fraction of sp³-hybridized carbons (Fsp3) is 0.389. The van der Waals surface area contributed by atoms with Crippen LogP contribution in [0, 0.1) is 23.7 Å². The summed E-state index contributed by atoms with van der Waals surface area (Å²) in [5, 5.41) is 25.8. The minimum Gasteiger partial charge on any atom is -0.493 e. The minimum absolute atomic E-state index is 0.00902. The molecule has 3 heterocycles. The summed E-state index contributed by atoms with van der Waals surface area (Å²) < 4.78 is 52.7. The van der Waals surface area contributed by atoms with Gasteiger partial charge in [-0.1, -0.05) is 69.3 Å². The molecular formula is C54H58F3N7O7S2. The second-order valence-electron chi connectivity index (χ2n) is 19.7. The van der Waals surface area contributed by atoms with E-state index in [4.69, 9.17) is 21.7 Å². The van der Waals surface area contributed by atoms with E-state index in [-0.39, 0.29) is 48.3 Å². The van der Waals surface area contributed by atoms with Crippen molar-refractivity contribution in [3.8, 4) is 33.4 Å². The minimum atomic E-state index is -4.81. The maximum atomic E-state index is 14.1. The second kappa shape index (κ2) is 22.2. The van der Waals surface area contributed by atoms with Crippen LogP contribution in [0.2, 0.25) is 0 Å². The Kier molecular flexibility index (Phi) is 16.4. The van der Waals surface area contributed by atoms with Crippen LogP contribution in [0.3, 0.4) is 0 Å². The molecule has 5 aromatic rings. The average molecular weight is 1040 g/mol. The summed E-state index contributed by atoms with van der Waals surface area (Å²) in [5.74, 6) is -1.12. The number of alkyl halides is 3. The Hall–Kier alpha value is -6.72. The number of halogens is 3. The van der Waals surface area contributed by atoms with Crippen LogP contribution in [0.15, 0.2) is 96.5 Å². The lowest BCUT2D eigenvalue weighted by Crippen LogP contribution is -2.58. The van der Waals surface area contributed by atoms with E-state index in [1.54, 1.807) is 65.3 Å². The topological polar surface area (TPSA) is 177 Å². The van der Waals surface area contributed by atoms with E-state index in [1.807, 2.05) is 88.7 Å². The number of ether oxygens (including phenoxy) is 2. The van der Waals surface area contributed by atoms with E-state index in [0.717, 1.165) is 49.9 Å². The van der Waals surface area contributed by atoms with Crippen molar-refractivity contribution in [1.29, 1.82) is 5.26 Å². The van der Waals surface area contributed by atoms with Crippen LogP contribution >= 0.6 is 23.6 Å². The number of aliphatic hydroxyl groups is 1. The van der Waals surface area contributed by atoms with E-state index in [1.165, 1.54) is 6.07 Å². The van der Waals surface area contributed by atoms with E-state index in [0.29, 0.717) is 30.8 Å².